The fraction of sp³-hybridized carbons (Fsp3) is 0.625. The van der Waals surface area contributed by atoms with E-state index in [1.807, 2.05) is 11.3 Å². The van der Waals surface area contributed by atoms with Crippen molar-refractivity contribution in [2.45, 2.75) is 78.1 Å². The summed E-state index contributed by atoms with van der Waals surface area (Å²) >= 11 is 1.86. The number of thiazole rings is 1. The molecule has 1 aliphatic carbocycles. The smallest absolute Gasteiger partial charge is 0.0964 e. The minimum absolute atomic E-state index is 0. The first-order valence-electron chi connectivity index (χ1n) is 10.3. The van der Waals surface area contributed by atoms with Crippen molar-refractivity contribution in [3.63, 3.8) is 0 Å². The van der Waals surface area contributed by atoms with Gasteiger partial charge in [-0.05, 0) is 73.2 Å². The lowest BCUT2D eigenvalue weighted by atomic mass is 9.66. The Kier molecular flexibility index (Phi) is 7.91. The van der Waals surface area contributed by atoms with Crippen molar-refractivity contribution in [3.8, 4) is 11.3 Å². The molecule has 1 N–H and O–H groups in total. The molecule has 156 valence electrons. The van der Waals surface area contributed by atoms with Gasteiger partial charge in [0, 0.05) is 16.9 Å². The van der Waals surface area contributed by atoms with Gasteiger partial charge in [-0.3, -0.25) is 0 Å². The molecule has 4 heteroatoms. The second-order valence-corrected chi connectivity index (χ2v) is 10.1. The number of hydrogen-bond donors (Lipinski definition) is 1. The Bertz CT molecular complexity index is 775. The summed E-state index contributed by atoms with van der Waals surface area (Å²) in [5.74, 6) is 2.02. The van der Waals surface area contributed by atoms with Gasteiger partial charge in [-0.25, -0.2) is 4.98 Å². The summed E-state index contributed by atoms with van der Waals surface area (Å²) in [6.45, 7) is 11.8. The predicted octanol–water partition coefficient (Wildman–Crippen LogP) is 7.30. The Hall–Kier alpha value is -0.710. The largest absolute Gasteiger partial charge is 0.317 e. The van der Waals surface area contributed by atoms with Crippen LogP contribution in [0.2, 0.25) is 0 Å². The fourth-order valence-electron chi connectivity index (χ4n) is 4.82. The van der Waals surface area contributed by atoms with E-state index in [2.05, 4.69) is 56.6 Å². The van der Waals surface area contributed by atoms with Crippen molar-refractivity contribution in [1.29, 1.82) is 0 Å². The van der Waals surface area contributed by atoms with E-state index in [-0.39, 0.29) is 24.4 Å². The van der Waals surface area contributed by atoms with Crippen LogP contribution in [0.3, 0.4) is 0 Å². The van der Waals surface area contributed by atoms with E-state index in [4.69, 9.17) is 4.98 Å². The van der Waals surface area contributed by atoms with Gasteiger partial charge in [0.1, 0.15) is 0 Å². The van der Waals surface area contributed by atoms with Crippen LogP contribution in [0.4, 0.5) is 0 Å². The van der Waals surface area contributed by atoms with E-state index in [0.717, 1.165) is 13.1 Å². The van der Waals surface area contributed by atoms with Crippen molar-refractivity contribution in [3.05, 3.63) is 39.7 Å². The van der Waals surface area contributed by atoms with E-state index in [1.165, 1.54) is 41.9 Å². The summed E-state index contributed by atoms with van der Waals surface area (Å²) in [7, 11) is 0. The van der Waals surface area contributed by atoms with E-state index in [9.17, 15) is 0 Å². The Morgan fingerprint density at radius 1 is 1.14 bits per heavy atom. The van der Waals surface area contributed by atoms with Crippen LogP contribution in [-0.4, -0.2) is 18.1 Å². The summed E-state index contributed by atoms with van der Waals surface area (Å²) in [4.78, 5) is 5.05. The maximum atomic E-state index is 5.05. The molecule has 4 rings (SSSR count). The maximum absolute atomic E-state index is 5.05. The quantitative estimate of drug-likeness (QED) is 0.514. The predicted molar refractivity (Wildman–Crippen MR) is 129 cm³/mol. The van der Waals surface area contributed by atoms with Crippen molar-refractivity contribution < 1.29 is 0 Å². The summed E-state index contributed by atoms with van der Waals surface area (Å²) in [6, 6.07) is 7.16. The van der Waals surface area contributed by atoms with Crippen LogP contribution in [0, 0.1) is 5.92 Å². The van der Waals surface area contributed by atoms with Gasteiger partial charge < -0.3 is 5.32 Å². The molecule has 1 atom stereocenters. The van der Waals surface area contributed by atoms with Crippen LogP contribution >= 0.6 is 28.3 Å². The van der Waals surface area contributed by atoms with Gasteiger partial charge >= 0.3 is 0 Å². The minimum atomic E-state index is 0. The van der Waals surface area contributed by atoms with Crippen molar-refractivity contribution in [2.24, 2.45) is 5.92 Å². The van der Waals surface area contributed by atoms with Crippen molar-refractivity contribution >= 4 is 28.3 Å². The second-order valence-electron chi connectivity index (χ2n) is 9.17. The summed E-state index contributed by atoms with van der Waals surface area (Å²) in [5.41, 5.74) is 5.91. The molecule has 0 bridgehead atoms. The number of aromatic nitrogens is 1. The molecule has 0 spiro atoms. The number of benzene rings is 1. The molecule has 2 nitrogen and oxygen atoms in total. The molecule has 28 heavy (non-hydrogen) atoms. The Morgan fingerprint density at radius 3 is 2.54 bits per heavy atom. The Balaban J connectivity index is 0.00000140. The molecule has 1 fully saturated rings. The molecule has 2 aliphatic rings. The average molecular weight is 466 g/mol. The molecule has 1 aliphatic heterocycles. The highest BCUT2D eigenvalue weighted by atomic mass is 79.9. The van der Waals surface area contributed by atoms with Gasteiger partial charge in [-0.15, -0.1) is 28.3 Å². The molecule has 1 saturated heterocycles. The summed E-state index contributed by atoms with van der Waals surface area (Å²) < 4.78 is 0. The Labute approximate surface area is 186 Å². The molecule has 1 aromatic carbocycles. The number of halogens is 1. The highest BCUT2D eigenvalue weighted by Gasteiger charge is 2.34. The van der Waals surface area contributed by atoms with Gasteiger partial charge in [-0.2, -0.15) is 0 Å². The number of rotatable bonds is 3. The number of piperidine rings is 1. The normalized spacial score (nSPS) is 21.5. The van der Waals surface area contributed by atoms with Crippen LogP contribution in [0.25, 0.3) is 11.3 Å². The first kappa shape index (κ1) is 23.6. The van der Waals surface area contributed by atoms with Crippen LogP contribution in [0.1, 0.15) is 88.8 Å². The van der Waals surface area contributed by atoms with Gasteiger partial charge in [0.25, 0.3) is 0 Å². The molecule has 0 saturated carbocycles. The highest BCUT2D eigenvalue weighted by Crippen LogP contribution is 2.46. The third-order valence-electron chi connectivity index (χ3n) is 6.57. The lowest BCUT2D eigenvalue weighted by molar-refractivity contribution is 0.346. The third kappa shape index (κ3) is 4.55. The molecule has 1 unspecified atom stereocenters. The van der Waals surface area contributed by atoms with Crippen molar-refractivity contribution in [2.75, 3.05) is 13.1 Å². The van der Waals surface area contributed by atoms with Crippen molar-refractivity contribution in [1.82, 2.24) is 10.3 Å². The molecule has 1 aromatic heterocycles. The zero-order chi connectivity index (χ0) is 18.3. The zero-order valence-corrected chi connectivity index (χ0v) is 19.6. The number of nitrogens with one attached hydrogen (secondary N) is 1. The molecule has 2 aromatic rings. The summed E-state index contributed by atoms with van der Waals surface area (Å²) in [5, 5.41) is 7.07. The van der Waals surface area contributed by atoms with E-state index < -0.39 is 0 Å². The third-order valence-corrected chi connectivity index (χ3v) is 7.58. The number of hydrogen-bond acceptors (Lipinski definition) is 3. The lowest BCUT2D eigenvalue weighted by Crippen LogP contribution is -2.28. The van der Waals surface area contributed by atoms with Gasteiger partial charge in [0.05, 0.1) is 10.7 Å². The van der Waals surface area contributed by atoms with Crippen LogP contribution in [0.15, 0.2) is 23.6 Å². The average Bonchev–Trinajstić information content (AvgIpc) is 3.12. The second kappa shape index (κ2) is 9.40. The van der Waals surface area contributed by atoms with Crippen LogP contribution in [0.5, 0.6) is 0 Å². The number of fused-ring (bicyclic) bond motifs is 1. The minimum Gasteiger partial charge on any atom is -0.317 e. The standard InChI is InChI=1S/C23H32N2S.CH4.BrH/c1-15(2)18-7-10-23(3,4)20-6-5-17(13-19(18)20)21-14-26-22(25-21)16-8-11-24-12-9-16;;/h5-6,13-16,18,24H,7-12H2,1-4H3;1H4;1H. The first-order valence-corrected chi connectivity index (χ1v) is 11.1. The fourth-order valence-corrected chi connectivity index (χ4v) is 5.82. The maximum Gasteiger partial charge on any atom is 0.0964 e. The number of nitrogens with zero attached hydrogens (tertiary/aromatic N) is 1. The summed E-state index contributed by atoms with van der Waals surface area (Å²) in [6.07, 6.45) is 5.04. The van der Waals surface area contributed by atoms with Gasteiger partial charge in [0.2, 0.25) is 0 Å². The van der Waals surface area contributed by atoms with E-state index in [1.54, 1.807) is 11.1 Å². The van der Waals surface area contributed by atoms with Gasteiger partial charge in [-0.1, -0.05) is 47.3 Å². The van der Waals surface area contributed by atoms with Gasteiger partial charge in [0.15, 0.2) is 0 Å². The monoisotopic (exact) mass is 464 g/mol. The molecule has 2 heterocycles. The highest BCUT2D eigenvalue weighted by molar-refractivity contribution is 8.93. The Morgan fingerprint density at radius 2 is 1.86 bits per heavy atom. The SMILES string of the molecule is Br.C.CC(C)C1CCC(C)(C)c2ccc(-c3csc(C4CCNCC4)n3)cc21. The van der Waals surface area contributed by atoms with E-state index in [0.29, 0.717) is 23.2 Å². The zero-order valence-electron chi connectivity index (χ0n) is 17.0. The van der Waals surface area contributed by atoms with Crippen LogP contribution < -0.4 is 5.32 Å². The molecule has 0 radical (unpaired) electrons. The van der Waals surface area contributed by atoms with Crippen LogP contribution in [-0.2, 0) is 5.41 Å². The lowest BCUT2D eigenvalue weighted by Gasteiger charge is -2.39. The topological polar surface area (TPSA) is 24.9 Å². The molecular weight excluding hydrogens is 428 g/mol. The molecule has 0 amide bonds. The first-order chi connectivity index (χ1) is 12.5. The molecular formula is C24H37BrN2S. The van der Waals surface area contributed by atoms with E-state index >= 15 is 0 Å².